The number of carbonyl (C=O) groups is 1. The van der Waals surface area contributed by atoms with Crippen LogP contribution in [0.4, 0.5) is 20.3 Å². The van der Waals surface area contributed by atoms with Gasteiger partial charge in [-0.15, -0.1) is 0 Å². The highest BCUT2D eigenvalue weighted by atomic mass is 32.2. The van der Waals surface area contributed by atoms with Gasteiger partial charge in [-0.05, 0) is 25.5 Å². The maximum atomic E-state index is 13.4. The fourth-order valence-corrected chi connectivity index (χ4v) is 4.76. The molecule has 0 aliphatic carbocycles. The van der Waals surface area contributed by atoms with Gasteiger partial charge in [0.25, 0.3) is 0 Å². The van der Waals surface area contributed by atoms with Gasteiger partial charge in [-0.3, -0.25) is 4.79 Å². The third-order valence-electron chi connectivity index (χ3n) is 4.40. The number of aryl methyl sites for hydroxylation is 1. The fourth-order valence-electron chi connectivity index (χ4n) is 3.07. The molecule has 1 aliphatic heterocycles. The molecule has 3 rings (SSSR count). The number of hydrogen-bond donors (Lipinski definition) is 1. The Hall–Kier alpha value is -2.49. The summed E-state index contributed by atoms with van der Waals surface area (Å²) in [5, 5.41) is 7.02. The van der Waals surface area contributed by atoms with Gasteiger partial charge in [0.15, 0.2) is 21.5 Å². The van der Waals surface area contributed by atoms with Crippen LogP contribution in [-0.4, -0.2) is 49.2 Å². The number of sulfone groups is 1. The molecule has 2 aromatic rings. The number of nitrogens with zero attached hydrogens (tertiary/aromatic N) is 3. The highest BCUT2D eigenvalue weighted by molar-refractivity contribution is 7.91. The molecule has 1 saturated heterocycles. The minimum absolute atomic E-state index is 0.00818. The van der Waals surface area contributed by atoms with Crippen LogP contribution in [0.1, 0.15) is 18.2 Å². The molecule has 2 heterocycles. The van der Waals surface area contributed by atoms with Crippen molar-refractivity contribution in [2.24, 2.45) is 0 Å². The molecule has 1 aromatic heterocycles. The molecule has 1 N–H and O–H groups in total. The smallest absolute Gasteiger partial charge is 0.245 e. The van der Waals surface area contributed by atoms with Crippen LogP contribution in [0.25, 0.3) is 0 Å². The Morgan fingerprint density at radius 3 is 2.70 bits per heavy atom. The largest absolute Gasteiger partial charge is 0.365 e. The first kappa shape index (κ1) is 19.3. The van der Waals surface area contributed by atoms with E-state index < -0.39 is 21.5 Å². The van der Waals surface area contributed by atoms with E-state index in [4.69, 9.17) is 0 Å². The van der Waals surface area contributed by atoms with Crippen molar-refractivity contribution >= 4 is 27.2 Å². The monoisotopic (exact) mass is 398 g/mol. The lowest BCUT2D eigenvalue weighted by atomic mass is 10.2. The third kappa shape index (κ3) is 4.44. The molecule has 146 valence electrons. The van der Waals surface area contributed by atoms with Crippen molar-refractivity contribution in [3.05, 3.63) is 41.6 Å². The van der Waals surface area contributed by atoms with E-state index in [1.54, 1.807) is 20.0 Å². The van der Waals surface area contributed by atoms with Crippen LogP contribution >= 0.6 is 0 Å². The zero-order chi connectivity index (χ0) is 19.8. The number of hydrogen-bond acceptors (Lipinski definition) is 5. The van der Waals surface area contributed by atoms with Gasteiger partial charge in [-0.2, -0.15) is 5.10 Å². The minimum Gasteiger partial charge on any atom is -0.365 e. The Labute approximate surface area is 155 Å². The molecule has 1 unspecified atom stereocenters. The lowest BCUT2D eigenvalue weighted by Crippen LogP contribution is -2.31. The average Bonchev–Trinajstić information content (AvgIpc) is 3.11. The fraction of sp³-hybridized carbons (Fsp3) is 0.412. The van der Waals surface area contributed by atoms with Crippen molar-refractivity contribution in [1.82, 2.24) is 9.78 Å². The number of anilines is 2. The van der Waals surface area contributed by atoms with Crippen molar-refractivity contribution in [3.63, 3.8) is 0 Å². The summed E-state index contributed by atoms with van der Waals surface area (Å²) in [6.45, 7) is 1.65. The molecule has 10 heteroatoms. The van der Waals surface area contributed by atoms with Gasteiger partial charge in [0.1, 0.15) is 5.82 Å². The van der Waals surface area contributed by atoms with Crippen LogP contribution < -0.4 is 10.2 Å². The summed E-state index contributed by atoms with van der Waals surface area (Å²) >= 11 is 0. The van der Waals surface area contributed by atoms with E-state index in [0.717, 1.165) is 12.1 Å². The van der Waals surface area contributed by atoms with E-state index in [0.29, 0.717) is 23.6 Å². The van der Waals surface area contributed by atoms with Gasteiger partial charge < -0.3 is 10.2 Å². The zero-order valence-corrected chi connectivity index (χ0v) is 15.8. The van der Waals surface area contributed by atoms with E-state index in [-0.39, 0.29) is 30.0 Å². The summed E-state index contributed by atoms with van der Waals surface area (Å²) in [5.74, 6) is -1.82. The Morgan fingerprint density at radius 2 is 2.07 bits per heavy atom. The lowest BCUT2D eigenvalue weighted by Gasteiger charge is -2.19. The van der Waals surface area contributed by atoms with Gasteiger partial charge in [-0.25, -0.2) is 21.9 Å². The van der Waals surface area contributed by atoms with Gasteiger partial charge in [0.05, 0.1) is 29.8 Å². The molecule has 0 saturated carbocycles. The minimum atomic E-state index is -3.09. The number of benzene rings is 1. The van der Waals surface area contributed by atoms with Crippen molar-refractivity contribution in [2.75, 3.05) is 35.3 Å². The van der Waals surface area contributed by atoms with Crippen molar-refractivity contribution in [3.8, 4) is 0 Å². The second kappa shape index (κ2) is 7.26. The molecule has 1 aliphatic rings. The summed E-state index contributed by atoms with van der Waals surface area (Å²) in [7, 11) is -1.51. The molecule has 1 fully saturated rings. The zero-order valence-electron chi connectivity index (χ0n) is 14.9. The highest BCUT2D eigenvalue weighted by Crippen LogP contribution is 2.27. The van der Waals surface area contributed by atoms with E-state index in [2.05, 4.69) is 10.4 Å². The van der Waals surface area contributed by atoms with Crippen LogP contribution in [0.3, 0.4) is 0 Å². The SMILES string of the molecule is Cc1cc(NC(=O)CN(C)c2ccc(F)c(F)c2)n(C2CCS(=O)(=O)C2)n1. The van der Waals surface area contributed by atoms with E-state index in [1.165, 1.54) is 15.6 Å². The standard InChI is InChI=1S/C17H20F2N4O3S/c1-11-7-16(23(21-11)13-5-6-27(25,26)10-13)20-17(24)9-22(2)12-3-4-14(18)15(19)8-12/h3-4,7-8,13H,5-6,9-10H2,1-2H3,(H,20,24). The Morgan fingerprint density at radius 1 is 1.33 bits per heavy atom. The molecule has 1 aromatic carbocycles. The Kier molecular flexibility index (Phi) is 5.18. The van der Waals surface area contributed by atoms with Crippen LogP contribution in [0, 0.1) is 18.6 Å². The summed E-state index contributed by atoms with van der Waals surface area (Å²) < 4.78 is 51.4. The normalized spacial score (nSPS) is 18.4. The molecule has 0 spiro atoms. The predicted molar refractivity (Wildman–Crippen MR) is 97.5 cm³/mol. The Balaban J connectivity index is 1.70. The number of halogens is 2. The quantitative estimate of drug-likeness (QED) is 0.832. The summed E-state index contributed by atoms with van der Waals surface area (Å²) in [6.07, 6.45) is 0.446. The number of rotatable bonds is 5. The first-order valence-electron chi connectivity index (χ1n) is 8.37. The molecule has 1 amide bonds. The molecular weight excluding hydrogens is 378 g/mol. The highest BCUT2D eigenvalue weighted by Gasteiger charge is 2.31. The number of nitrogens with one attached hydrogen (secondary N) is 1. The second-order valence-electron chi connectivity index (χ2n) is 6.68. The summed E-state index contributed by atoms with van der Waals surface area (Å²) in [6, 6.07) is 4.74. The van der Waals surface area contributed by atoms with Crippen molar-refractivity contribution in [2.45, 2.75) is 19.4 Å². The van der Waals surface area contributed by atoms with Crippen molar-refractivity contribution in [1.29, 1.82) is 0 Å². The molecule has 27 heavy (non-hydrogen) atoms. The van der Waals surface area contributed by atoms with E-state index >= 15 is 0 Å². The van der Waals surface area contributed by atoms with Crippen molar-refractivity contribution < 1.29 is 22.0 Å². The summed E-state index contributed by atoms with van der Waals surface area (Å²) in [4.78, 5) is 13.8. The molecule has 7 nitrogen and oxygen atoms in total. The number of amides is 1. The second-order valence-corrected chi connectivity index (χ2v) is 8.90. The van der Waals surface area contributed by atoms with Gasteiger partial charge in [0, 0.05) is 24.9 Å². The maximum absolute atomic E-state index is 13.4. The molecule has 1 atom stereocenters. The third-order valence-corrected chi connectivity index (χ3v) is 6.15. The average molecular weight is 398 g/mol. The number of likely N-dealkylation sites (N-methyl/N-ethyl adjacent to an activating group) is 1. The van der Waals surface area contributed by atoms with Gasteiger partial charge in [-0.1, -0.05) is 0 Å². The first-order chi connectivity index (χ1) is 12.6. The van der Waals surface area contributed by atoms with E-state index in [9.17, 15) is 22.0 Å². The van der Waals surface area contributed by atoms with Gasteiger partial charge >= 0.3 is 0 Å². The molecule has 0 bridgehead atoms. The molecule has 0 radical (unpaired) electrons. The Bertz CT molecular complexity index is 975. The number of carbonyl (C=O) groups excluding carboxylic acids is 1. The predicted octanol–water partition coefficient (Wildman–Crippen LogP) is 1.90. The van der Waals surface area contributed by atoms with Crippen LogP contribution in [0.2, 0.25) is 0 Å². The number of aromatic nitrogens is 2. The summed E-state index contributed by atoms with van der Waals surface area (Å²) in [5.41, 5.74) is 1.01. The molecular formula is C17H20F2N4O3S. The van der Waals surface area contributed by atoms with Crippen LogP contribution in [0.15, 0.2) is 24.3 Å². The van der Waals surface area contributed by atoms with Crippen LogP contribution in [0.5, 0.6) is 0 Å². The van der Waals surface area contributed by atoms with Crippen LogP contribution in [-0.2, 0) is 14.6 Å². The lowest BCUT2D eigenvalue weighted by molar-refractivity contribution is -0.115. The van der Waals surface area contributed by atoms with E-state index in [1.807, 2.05) is 0 Å². The first-order valence-corrected chi connectivity index (χ1v) is 10.2. The topological polar surface area (TPSA) is 84.3 Å². The van der Waals surface area contributed by atoms with Gasteiger partial charge in [0.2, 0.25) is 5.91 Å². The maximum Gasteiger partial charge on any atom is 0.245 e.